The second-order valence-corrected chi connectivity index (χ2v) is 6.46. The van der Waals surface area contributed by atoms with Crippen molar-refractivity contribution < 1.29 is 9.53 Å². The van der Waals surface area contributed by atoms with Gasteiger partial charge in [0, 0.05) is 43.5 Å². The third-order valence-corrected chi connectivity index (χ3v) is 4.68. The van der Waals surface area contributed by atoms with Crippen LogP contribution in [0, 0.1) is 6.92 Å². The summed E-state index contributed by atoms with van der Waals surface area (Å²) >= 11 is 0. The molecule has 0 bridgehead atoms. The van der Waals surface area contributed by atoms with E-state index in [0.29, 0.717) is 11.9 Å². The Bertz CT molecular complexity index is 749. The van der Waals surface area contributed by atoms with Gasteiger partial charge in [0.1, 0.15) is 5.82 Å². The van der Waals surface area contributed by atoms with Gasteiger partial charge in [-0.1, -0.05) is 12.1 Å². The van der Waals surface area contributed by atoms with Crippen molar-refractivity contribution in [2.24, 2.45) is 0 Å². The Kier molecular flexibility index (Phi) is 4.37. The Hall–Kier alpha value is -2.45. The average Bonchev–Trinajstić information content (AvgIpc) is 3.01. The predicted molar refractivity (Wildman–Crippen MR) is 93.3 cm³/mol. The lowest BCUT2D eigenvalue weighted by Crippen LogP contribution is -2.63. The van der Waals surface area contributed by atoms with Gasteiger partial charge in [-0.2, -0.15) is 5.10 Å². The summed E-state index contributed by atoms with van der Waals surface area (Å²) in [4.78, 5) is 21.0. The van der Waals surface area contributed by atoms with Gasteiger partial charge in [0.2, 0.25) is 0 Å². The van der Waals surface area contributed by atoms with Crippen LogP contribution in [-0.4, -0.2) is 76.4 Å². The molecule has 1 aromatic carbocycles. The zero-order chi connectivity index (χ0) is 17.2. The number of aryl methyl sites for hydroxylation is 1. The number of carbonyl (C=O) groups excluding carboxylic acids is 1. The number of amides is 2. The van der Waals surface area contributed by atoms with Crippen molar-refractivity contribution in [3.63, 3.8) is 0 Å². The maximum atomic E-state index is 12.4. The molecule has 25 heavy (non-hydrogen) atoms. The molecule has 0 aliphatic carbocycles. The molecule has 132 valence electrons. The summed E-state index contributed by atoms with van der Waals surface area (Å²) < 4.78 is 5.37. The van der Waals surface area contributed by atoms with Crippen molar-refractivity contribution in [2.45, 2.75) is 13.0 Å². The molecular formula is C17H22N6O2. The maximum absolute atomic E-state index is 12.4. The van der Waals surface area contributed by atoms with Crippen molar-refractivity contribution in [3.8, 4) is 11.4 Å². The predicted octanol–water partition coefficient (Wildman–Crippen LogP) is 1.33. The Morgan fingerprint density at radius 2 is 2.12 bits per heavy atom. The van der Waals surface area contributed by atoms with Crippen LogP contribution in [0.3, 0.4) is 0 Å². The maximum Gasteiger partial charge on any atom is 0.321 e. The number of ether oxygens (including phenoxy) is 1. The largest absolute Gasteiger partial charge is 0.379 e. The molecule has 1 aromatic heterocycles. The number of hydrogen-bond donors (Lipinski definition) is 2. The number of morpholine rings is 1. The van der Waals surface area contributed by atoms with E-state index in [1.165, 1.54) is 0 Å². The molecule has 0 atom stereocenters. The Balaban J connectivity index is 1.34. The number of H-pyrrole nitrogens is 1. The molecule has 2 N–H and O–H groups in total. The standard InChI is InChI=1S/C17H22N6O2/c1-12-18-16(21-20-12)13-3-2-4-14(9-13)19-17(24)23-10-15(11-23)22-5-7-25-8-6-22/h2-4,9,15H,5-8,10-11H2,1H3,(H,19,24)(H,18,20,21). The lowest BCUT2D eigenvalue weighted by Gasteiger charge is -2.46. The smallest absolute Gasteiger partial charge is 0.321 e. The van der Waals surface area contributed by atoms with E-state index in [2.05, 4.69) is 25.4 Å². The van der Waals surface area contributed by atoms with Gasteiger partial charge < -0.3 is 15.0 Å². The van der Waals surface area contributed by atoms with E-state index >= 15 is 0 Å². The Morgan fingerprint density at radius 1 is 1.32 bits per heavy atom. The molecule has 2 aliphatic heterocycles. The molecule has 8 nitrogen and oxygen atoms in total. The zero-order valence-electron chi connectivity index (χ0n) is 14.2. The number of aromatic amines is 1. The van der Waals surface area contributed by atoms with Gasteiger partial charge in [-0.05, 0) is 19.1 Å². The number of urea groups is 1. The number of aromatic nitrogens is 3. The fourth-order valence-corrected chi connectivity index (χ4v) is 3.21. The molecule has 2 fully saturated rings. The first-order chi connectivity index (χ1) is 12.2. The number of likely N-dealkylation sites (tertiary alicyclic amines) is 1. The molecular weight excluding hydrogens is 320 g/mol. The SMILES string of the molecule is Cc1nc(-c2cccc(NC(=O)N3CC(N4CCOCC4)C3)c2)n[nH]1. The summed E-state index contributed by atoms with van der Waals surface area (Å²) in [5.41, 5.74) is 1.62. The van der Waals surface area contributed by atoms with E-state index in [-0.39, 0.29) is 6.03 Å². The van der Waals surface area contributed by atoms with Gasteiger partial charge in [0.05, 0.1) is 13.2 Å². The van der Waals surface area contributed by atoms with Gasteiger partial charge >= 0.3 is 6.03 Å². The van der Waals surface area contributed by atoms with Gasteiger partial charge in [0.15, 0.2) is 5.82 Å². The first-order valence-corrected chi connectivity index (χ1v) is 8.56. The number of rotatable bonds is 3. The molecule has 0 radical (unpaired) electrons. The van der Waals surface area contributed by atoms with Crippen LogP contribution in [-0.2, 0) is 4.74 Å². The van der Waals surface area contributed by atoms with Crippen LogP contribution < -0.4 is 5.32 Å². The van der Waals surface area contributed by atoms with Crippen molar-refractivity contribution in [3.05, 3.63) is 30.1 Å². The Labute approximate surface area is 146 Å². The van der Waals surface area contributed by atoms with E-state index < -0.39 is 0 Å². The first-order valence-electron chi connectivity index (χ1n) is 8.56. The molecule has 0 spiro atoms. The summed E-state index contributed by atoms with van der Waals surface area (Å²) in [6.45, 7) is 6.89. The van der Waals surface area contributed by atoms with E-state index in [4.69, 9.17) is 4.74 Å². The van der Waals surface area contributed by atoms with Crippen LogP contribution >= 0.6 is 0 Å². The van der Waals surface area contributed by atoms with Crippen LogP contribution in [0.1, 0.15) is 5.82 Å². The van der Waals surface area contributed by atoms with E-state index in [1.807, 2.05) is 36.1 Å². The molecule has 3 heterocycles. The Morgan fingerprint density at radius 3 is 2.84 bits per heavy atom. The first kappa shape index (κ1) is 16.0. The second kappa shape index (κ2) is 6.81. The highest BCUT2D eigenvalue weighted by molar-refractivity contribution is 5.90. The van der Waals surface area contributed by atoms with Crippen LogP contribution in [0.25, 0.3) is 11.4 Å². The van der Waals surface area contributed by atoms with Crippen LogP contribution in [0.15, 0.2) is 24.3 Å². The highest BCUT2D eigenvalue weighted by atomic mass is 16.5. The third kappa shape index (κ3) is 3.49. The van der Waals surface area contributed by atoms with Crippen LogP contribution in [0.2, 0.25) is 0 Å². The molecule has 2 saturated heterocycles. The van der Waals surface area contributed by atoms with Gasteiger partial charge in [0.25, 0.3) is 0 Å². The van der Waals surface area contributed by atoms with Gasteiger partial charge in [-0.15, -0.1) is 0 Å². The molecule has 0 unspecified atom stereocenters. The van der Waals surface area contributed by atoms with Crippen molar-refractivity contribution in [1.29, 1.82) is 0 Å². The highest BCUT2D eigenvalue weighted by Crippen LogP contribution is 2.21. The zero-order valence-corrected chi connectivity index (χ0v) is 14.2. The van der Waals surface area contributed by atoms with Gasteiger partial charge in [-0.25, -0.2) is 9.78 Å². The van der Waals surface area contributed by atoms with Crippen molar-refractivity contribution >= 4 is 11.7 Å². The number of benzene rings is 1. The quantitative estimate of drug-likeness (QED) is 0.879. The molecule has 2 aliphatic rings. The average molecular weight is 342 g/mol. The minimum absolute atomic E-state index is 0.0622. The summed E-state index contributed by atoms with van der Waals surface area (Å²) in [6, 6.07) is 7.98. The van der Waals surface area contributed by atoms with Crippen LogP contribution in [0.5, 0.6) is 0 Å². The monoisotopic (exact) mass is 342 g/mol. The van der Waals surface area contributed by atoms with E-state index in [9.17, 15) is 4.79 Å². The lowest BCUT2D eigenvalue weighted by atomic mass is 10.1. The lowest BCUT2D eigenvalue weighted by molar-refractivity contribution is -0.0189. The molecule has 2 aromatic rings. The fourth-order valence-electron chi connectivity index (χ4n) is 3.21. The van der Waals surface area contributed by atoms with E-state index in [0.717, 1.165) is 56.5 Å². The number of nitrogens with zero attached hydrogens (tertiary/aromatic N) is 4. The highest BCUT2D eigenvalue weighted by Gasteiger charge is 2.35. The summed E-state index contributed by atoms with van der Waals surface area (Å²) in [7, 11) is 0. The minimum Gasteiger partial charge on any atom is -0.379 e. The number of nitrogens with one attached hydrogen (secondary N) is 2. The molecule has 4 rings (SSSR count). The normalized spacial score (nSPS) is 18.8. The number of carbonyl (C=O) groups is 1. The van der Waals surface area contributed by atoms with Crippen LogP contribution in [0.4, 0.5) is 10.5 Å². The number of hydrogen-bond acceptors (Lipinski definition) is 5. The summed E-state index contributed by atoms with van der Waals surface area (Å²) in [6.07, 6.45) is 0. The third-order valence-electron chi connectivity index (χ3n) is 4.68. The fraction of sp³-hybridized carbons (Fsp3) is 0.471. The van der Waals surface area contributed by atoms with Crippen molar-refractivity contribution in [2.75, 3.05) is 44.7 Å². The minimum atomic E-state index is -0.0622. The molecule has 8 heteroatoms. The second-order valence-electron chi connectivity index (χ2n) is 6.46. The molecule has 2 amide bonds. The van der Waals surface area contributed by atoms with Gasteiger partial charge in [-0.3, -0.25) is 10.00 Å². The van der Waals surface area contributed by atoms with Crippen molar-refractivity contribution in [1.82, 2.24) is 25.0 Å². The van der Waals surface area contributed by atoms with E-state index in [1.54, 1.807) is 0 Å². The summed E-state index contributed by atoms with van der Waals surface area (Å²) in [5.74, 6) is 1.39. The number of anilines is 1. The summed E-state index contributed by atoms with van der Waals surface area (Å²) in [5, 5.41) is 9.95. The topological polar surface area (TPSA) is 86.4 Å². The molecule has 0 saturated carbocycles.